The van der Waals surface area contributed by atoms with Gasteiger partial charge in [-0.25, -0.2) is 4.98 Å². The lowest BCUT2D eigenvalue weighted by atomic mass is 9.85. The SMILES string of the molecule is [c]1nccn2c(C3CCC3)nc(-c3ccc(Oc4cccnc4)cc3)c12. The number of ether oxygens (including phenoxy) is 1. The summed E-state index contributed by atoms with van der Waals surface area (Å²) in [7, 11) is 0. The maximum absolute atomic E-state index is 5.82. The highest BCUT2D eigenvalue weighted by molar-refractivity contribution is 5.77. The Hall–Kier alpha value is -3.21. The lowest BCUT2D eigenvalue weighted by Crippen LogP contribution is -2.12. The van der Waals surface area contributed by atoms with E-state index in [0.29, 0.717) is 5.92 Å². The summed E-state index contributed by atoms with van der Waals surface area (Å²) in [6, 6.07) is 11.7. The summed E-state index contributed by atoms with van der Waals surface area (Å²) < 4.78 is 7.95. The molecule has 4 aromatic rings. The van der Waals surface area contributed by atoms with Gasteiger partial charge in [0.1, 0.15) is 29.0 Å². The number of hydrogen-bond acceptors (Lipinski definition) is 4. The van der Waals surface area contributed by atoms with Gasteiger partial charge in [0.25, 0.3) is 0 Å². The first-order valence-corrected chi connectivity index (χ1v) is 8.81. The maximum Gasteiger partial charge on any atom is 0.145 e. The normalized spacial score (nSPS) is 14.3. The molecule has 0 N–H and O–H groups in total. The van der Waals surface area contributed by atoms with Crippen molar-refractivity contribution in [3.8, 4) is 22.8 Å². The molecule has 0 spiro atoms. The lowest BCUT2D eigenvalue weighted by Gasteiger charge is -2.23. The van der Waals surface area contributed by atoms with Gasteiger partial charge >= 0.3 is 0 Å². The fourth-order valence-electron chi connectivity index (χ4n) is 3.29. The number of pyridine rings is 1. The minimum absolute atomic E-state index is 0.542. The summed E-state index contributed by atoms with van der Waals surface area (Å²) in [4.78, 5) is 13.2. The van der Waals surface area contributed by atoms with E-state index in [1.807, 2.05) is 42.6 Å². The molecule has 1 saturated carbocycles. The second-order valence-electron chi connectivity index (χ2n) is 6.52. The Kier molecular flexibility index (Phi) is 3.63. The van der Waals surface area contributed by atoms with Crippen LogP contribution < -0.4 is 4.74 Å². The van der Waals surface area contributed by atoms with Gasteiger partial charge in [-0.1, -0.05) is 6.42 Å². The Balaban J connectivity index is 1.50. The number of fused-ring (bicyclic) bond motifs is 1. The zero-order chi connectivity index (χ0) is 17.3. The largest absolute Gasteiger partial charge is 0.456 e. The van der Waals surface area contributed by atoms with Gasteiger partial charge in [-0.15, -0.1) is 0 Å². The highest BCUT2D eigenvalue weighted by atomic mass is 16.5. The molecule has 127 valence electrons. The average molecular weight is 341 g/mol. The van der Waals surface area contributed by atoms with E-state index in [2.05, 4.69) is 20.6 Å². The summed E-state index contributed by atoms with van der Waals surface area (Å²) in [5.74, 6) is 3.15. The highest BCUT2D eigenvalue weighted by Gasteiger charge is 2.25. The summed E-state index contributed by atoms with van der Waals surface area (Å²) >= 11 is 0. The van der Waals surface area contributed by atoms with Crippen molar-refractivity contribution in [3.05, 3.63) is 73.2 Å². The van der Waals surface area contributed by atoms with Gasteiger partial charge in [0.05, 0.1) is 11.9 Å². The Morgan fingerprint density at radius 2 is 1.92 bits per heavy atom. The van der Waals surface area contributed by atoms with E-state index < -0.39 is 0 Å². The Bertz CT molecular complexity index is 1040. The fourth-order valence-corrected chi connectivity index (χ4v) is 3.29. The van der Waals surface area contributed by atoms with Gasteiger partial charge in [0.15, 0.2) is 0 Å². The van der Waals surface area contributed by atoms with Crippen LogP contribution >= 0.6 is 0 Å². The van der Waals surface area contributed by atoms with Gasteiger partial charge in [-0.05, 0) is 49.2 Å². The summed E-state index contributed by atoms with van der Waals surface area (Å²) in [5, 5.41) is 0. The topological polar surface area (TPSA) is 52.3 Å². The summed E-state index contributed by atoms with van der Waals surface area (Å²) in [6.07, 6.45) is 14.0. The average Bonchev–Trinajstić information content (AvgIpc) is 3.01. The summed E-state index contributed by atoms with van der Waals surface area (Å²) in [5.41, 5.74) is 2.89. The second kappa shape index (κ2) is 6.26. The van der Waals surface area contributed by atoms with E-state index in [9.17, 15) is 0 Å². The molecule has 1 radical (unpaired) electrons. The molecule has 3 aromatic heterocycles. The molecule has 0 bridgehead atoms. The highest BCUT2D eigenvalue weighted by Crippen LogP contribution is 2.38. The third kappa shape index (κ3) is 2.62. The Morgan fingerprint density at radius 3 is 2.65 bits per heavy atom. The molecule has 5 heteroatoms. The third-order valence-electron chi connectivity index (χ3n) is 4.87. The van der Waals surface area contributed by atoms with E-state index in [4.69, 9.17) is 9.72 Å². The standard InChI is InChI=1S/C21H17N4O/c1-3-16(4-1)21-24-20(19-14-23-11-12-25(19)21)15-6-8-17(9-7-15)26-18-5-2-10-22-13-18/h2,5-13,16H,1,3-4H2. The molecule has 1 aromatic carbocycles. The van der Waals surface area contributed by atoms with Crippen LogP contribution in [-0.2, 0) is 0 Å². The monoisotopic (exact) mass is 341 g/mol. The van der Waals surface area contributed by atoms with E-state index in [1.165, 1.54) is 19.3 Å². The van der Waals surface area contributed by atoms with Gasteiger partial charge in [0, 0.05) is 30.1 Å². The number of benzene rings is 1. The van der Waals surface area contributed by atoms with Crippen LogP contribution in [0.15, 0.2) is 61.2 Å². The number of imidazole rings is 1. The molecule has 0 atom stereocenters. The van der Waals surface area contributed by atoms with E-state index in [0.717, 1.165) is 34.1 Å². The van der Waals surface area contributed by atoms with E-state index in [-0.39, 0.29) is 0 Å². The molecule has 1 aliphatic carbocycles. The predicted molar refractivity (Wildman–Crippen MR) is 98.2 cm³/mol. The van der Waals surface area contributed by atoms with Crippen LogP contribution in [-0.4, -0.2) is 19.4 Å². The number of hydrogen-bond donors (Lipinski definition) is 0. The number of nitrogens with zero attached hydrogens (tertiary/aromatic N) is 4. The van der Waals surface area contributed by atoms with Gasteiger partial charge in [-0.3, -0.25) is 14.4 Å². The molecule has 0 unspecified atom stereocenters. The molecule has 5 rings (SSSR count). The Labute approximate surface area is 151 Å². The summed E-state index contributed by atoms with van der Waals surface area (Å²) in [6.45, 7) is 0. The molecule has 0 aliphatic heterocycles. The minimum atomic E-state index is 0.542. The first-order valence-electron chi connectivity index (χ1n) is 8.81. The first kappa shape index (κ1) is 15.1. The lowest BCUT2D eigenvalue weighted by molar-refractivity contribution is 0.400. The molecule has 1 aliphatic rings. The van der Waals surface area contributed by atoms with Crippen LogP contribution in [0.25, 0.3) is 16.8 Å². The van der Waals surface area contributed by atoms with Crippen molar-refractivity contribution in [2.24, 2.45) is 0 Å². The van der Waals surface area contributed by atoms with Crippen molar-refractivity contribution in [3.63, 3.8) is 0 Å². The predicted octanol–water partition coefficient (Wildman–Crippen LogP) is 4.65. The molecular formula is C21H17N4O. The van der Waals surface area contributed by atoms with Crippen LogP contribution in [0, 0.1) is 6.20 Å². The van der Waals surface area contributed by atoms with Crippen molar-refractivity contribution in [1.29, 1.82) is 0 Å². The van der Waals surface area contributed by atoms with Crippen LogP contribution in [0.3, 0.4) is 0 Å². The second-order valence-corrected chi connectivity index (χ2v) is 6.52. The van der Waals surface area contributed by atoms with Gasteiger partial charge in [-0.2, -0.15) is 0 Å². The molecular weight excluding hydrogens is 324 g/mol. The number of aromatic nitrogens is 4. The van der Waals surface area contributed by atoms with E-state index in [1.54, 1.807) is 18.6 Å². The van der Waals surface area contributed by atoms with Crippen LogP contribution in [0.4, 0.5) is 0 Å². The van der Waals surface area contributed by atoms with Crippen molar-refractivity contribution in [1.82, 2.24) is 19.4 Å². The Morgan fingerprint density at radius 1 is 1.04 bits per heavy atom. The van der Waals surface area contributed by atoms with Crippen LogP contribution in [0.2, 0.25) is 0 Å². The molecule has 26 heavy (non-hydrogen) atoms. The van der Waals surface area contributed by atoms with Crippen molar-refractivity contribution in [2.75, 3.05) is 0 Å². The van der Waals surface area contributed by atoms with Gasteiger partial charge in [0.2, 0.25) is 0 Å². The van der Waals surface area contributed by atoms with Crippen LogP contribution in [0.5, 0.6) is 11.5 Å². The quantitative estimate of drug-likeness (QED) is 0.542. The zero-order valence-corrected chi connectivity index (χ0v) is 14.2. The minimum Gasteiger partial charge on any atom is -0.456 e. The molecule has 0 saturated heterocycles. The molecule has 5 nitrogen and oxygen atoms in total. The third-order valence-corrected chi connectivity index (χ3v) is 4.87. The zero-order valence-electron chi connectivity index (χ0n) is 14.2. The van der Waals surface area contributed by atoms with Gasteiger partial charge < -0.3 is 4.74 Å². The smallest absolute Gasteiger partial charge is 0.145 e. The molecule has 3 heterocycles. The fraction of sp³-hybridized carbons (Fsp3) is 0.190. The molecule has 1 fully saturated rings. The van der Waals surface area contributed by atoms with Crippen LogP contribution in [0.1, 0.15) is 31.0 Å². The van der Waals surface area contributed by atoms with E-state index >= 15 is 0 Å². The molecule has 0 amide bonds. The van der Waals surface area contributed by atoms with Crippen molar-refractivity contribution in [2.45, 2.75) is 25.2 Å². The van der Waals surface area contributed by atoms with Crippen molar-refractivity contribution >= 4 is 5.52 Å². The van der Waals surface area contributed by atoms with Crippen molar-refractivity contribution < 1.29 is 4.74 Å². The first-order chi connectivity index (χ1) is 12.9. The maximum atomic E-state index is 5.82. The number of rotatable bonds is 4.